The molecule has 0 saturated heterocycles. The Bertz CT molecular complexity index is 1210. The van der Waals surface area contributed by atoms with E-state index in [1.807, 2.05) is 30.3 Å². The Hall–Kier alpha value is -3.06. The van der Waals surface area contributed by atoms with E-state index in [1.165, 1.54) is 28.0 Å². The normalized spacial score (nSPS) is 12.0. The zero-order valence-corrected chi connectivity index (χ0v) is 16.1. The second-order valence-corrected chi connectivity index (χ2v) is 7.30. The standard InChI is InChI=1S/C21H18FN3O2S/c1-2-3-12-27-17-7-5-4-6-15(17)13-18-20(26)25-21(28-18)23-19(24-25)14-8-10-16(22)11-9-14/h4-11,13H,2-3,12H2,1H3. The van der Waals surface area contributed by atoms with Crippen molar-refractivity contribution in [3.63, 3.8) is 0 Å². The lowest BCUT2D eigenvalue weighted by atomic mass is 10.2. The van der Waals surface area contributed by atoms with Gasteiger partial charge in [0.25, 0.3) is 5.56 Å². The van der Waals surface area contributed by atoms with Gasteiger partial charge in [-0.15, -0.1) is 5.10 Å². The summed E-state index contributed by atoms with van der Waals surface area (Å²) in [6.45, 7) is 2.75. The first-order valence-electron chi connectivity index (χ1n) is 9.05. The number of hydrogen-bond donors (Lipinski definition) is 0. The first kappa shape index (κ1) is 18.3. The topological polar surface area (TPSA) is 56.5 Å². The third kappa shape index (κ3) is 3.66. The zero-order valence-electron chi connectivity index (χ0n) is 15.3. The monoisotopic (exact) mass is 395 g/mol. The highest BCUT2D eigenvalue weighted by Gasteiger charge is 2.12. The minimum absolute atomic E-state index is 0.232. The van der Waals surface area contributed by atoms with Gasteiger partial charge in [0.15, 0.2) is 5.82 Å². The fourth-order valence-electron chi connectivity index (χ4n) is 2.75. The molecule has 0 aliphatic carbocycles. The van der Waals surface area contributed by atoms with Crippen LogP contribution >= 0.6 is 11.3 Å². The fraction of sp³-hybridized carbons (Fsp3) is 0.190. The van der Waals surface area contributed by atoms with Gasteiger partial charge in [0.05, 0.1) is 11.1 Å². The van der Waals surface area contributed by atoms with Gasteiger partial charge in [-0.3, -0.25) is 4.79 Å². The average Bonchev–Trinajstić information content (AvgIpc) is 3.24. The molecule has 0 radical (unpaired) electrons. The van der Waals surface area contributed by atoms with Crippen LogP contribution < -0.4 is 14.8 Å². The highest BCUT2D eigenvalue weighted by molar-refractivity contribution is 7.15. The van der Waals surface area contributed by atoms with E-state index >= 15 is 0 Å². The maximum absolute atomic E-state index is 13.1. The Morgan fingerprint density at radius 1 is 1.18 bits per heavy atom. The van der Waals surface area contributed by atoms with E-state index in [2.05, 4.69) is 17.0 Å². The van der Waals surface area contributed by atoms with Crippen molar-refractivity contribution in [1.29, 1.82) is 0 Å². The largest absolute Gasteiger partial charge is 0.493 e. The Labute approximate surface area is 164 Å². The second kappa shape index (κ2) is 7.90. The molecule has 0 fully saturated rings. The van der Waals surface area contributed by atoms with Gasteiger partial charge in [-0.25, -0.2) is 4.39 Å². The van der Waals surface area contributed by atoms with Gasteiger partial charge in [-0.05, 0) is 42.8 Å². The van der Waals surface area contributed by atoms with Crippen LogP contribution in [0, 0.1) is 5.82 Å². The molecule has 0 bridgehead atoms. The molecule has 7 heteroatoms. The number of hydrogen-bond acceptors (Lipinski definition) is 5. The van der Waals surface area contributed by atoms with Crippen LogP contribution in [0.15, 0.2) is 53.3 Å². The van der Waals surface area contributed by atoms with Crippen LogP contribution in [-0.2, 0) is 0 Å². The summed E-state index contributed by atoms with van der Waals surface area (Å²) >= 11 is 1.27. The van der Waals surface area contributed by atoms with E-state index < -0.39 is 0 Å². The van der Waals surface area contributed by atoms with Crippen molar-refractivity contribution in [2.75, 3.05) is 6.61 Å². The summed E-state index contributed by atoms with van der Waals surface area (Å²) in [5, 5.41) is 4.29. The predicted molar refractivity (Wildman–Crippen MR) is 108 cm³/mol. The quantitative estimate of drug-likeness (QED) is 0.467. The third-order valence-corrected chi connectivity index (χ3v) is 5.20. The third-order valence-electron chi connectivity index (χ3n) is 4.25. The van der Waals surface area contributed by atoms with Crippen molar-refractivity contribution in [1.82, 2.24) is 14.6 Å². The molecule has 0 aliphatic rings. The number of rotatable bonds is 6. The Morgan fingerprint density at radius 3 is 2.71 bits per heavy atom. The summed E-state index contributed by atoms with van der Waals surface area (Å²) in [5.74, 6) is 0.825. The number of para-hydroxylation sites is 1. The fourth-order valence-corrected chi connectivity index (χ4v) is 3.65. The lowest BCUT2D eigenvalue weighted by molar-refractivity contribution is 0.309. The summed E-state index contributed by atoms with van der Waals surface area (Å²) in [6.07, 6.45) is 3.84. The van der Waals surface area contributed by atoms with Crippen molar-refractivity contribution in [2.24, 2.45) is 0 Å². The van der Waals surface area contributed by atoms with Crippen LogP contribution in [0.3, 0.4) is 0 Å². The lowest BCUT2D eigenvalue weighted by Gasteiger charge is -2.07. The maximum atomic E-state index is 13.1. The zero-order chi connectivity index (χ0) is 19.5. The number of unbranched alkanes of at least 4 members (excludes halogenated alkanes) is 1. The van der Waals surface area contributed by atoms with E-state index in [1.54, 1.807) is 12.1 Å². The molecule has 2 aromatic carbocycles. The van der Waals surface area contributed by atoms with E-state index in [0.29, 0.717) is 27.5 Å². The van der Waals surface area contributed by atoms with E-state index in [0.717, 1.165) is 24.2 Å². The minimum Gasteiger partial charge on any atom is -0.493 e. The molecule has 2 heterocycles. The average molecular weight is 395 g/mol. The summed E-state index contributed by atoms with van der Waals surface area (Å²) in [6, 6.07) is 13.5. The maximum Gasteiger partial charge on any atom is 0.291 e. The number of ether oxygens (including phenoxy) is 1. The minimum atomic E-state index is -0.328. The molecule has 0 aliphatic heterocycles. The Balaban J connectivity index is 1.71. The van der Waals surface area contributed by atoms with Gasteiger partial charge < -0.3 is 4.74 Å². The van der Waals surface area contributed by atoms with Crippen molar-refractivity contribution < 1.29 is 9.13 Å². The van der Waals surface area contributed by atoms with E-state index in [4.69, 9.17) is 4.74 Å². The van der Waals surface area contributed by atoms with Crippen molar-refractivity contribution >= 4 is 22.4 Å². The molecule has 0 atom stereocenters. The summed E-state index contributed by atoms with van der Waals surface area (Å²) < 4.78 is 20.7. The van der Waals surface area contributed by atoms with Crippen molar-refractivity contribution in [3.8, 4) is 17.1 Å². The molecule has 0 amide bonds. The van der Waals surface area contributed by atoms with Crippen LogP contribution in [0.1, 0.15) is 25.3 Å². The first-order chi connectivity index (χ1) is 13.7. The number of fused-ring (bicyclic) bond motifs is 1. The molecule has 4 aromatic rings. The van der Waals surface area contributed by atoms with E-state index in [9.17, 15) is 9.18 Å². The van der Waals surface area contributed by atoms with Crippen molar-refractivity contribution in [3.05, 3.63) is 74.8 Å². The molecule has 0 saturated carbocycles. The van der Waals surface area contributed by atoms with Crippen LogP contribution in [-0.4, -0.2) is 21.2 Å². The van der Waals surface area contributed by atoms with Crippen molar-refractivity contribution in [2.45, 2.75) is 19.8 Å². The number of thiazole rings is 1. The molecule has 0 unspecified atom stereocenters. The molecule has 142 valence electrons. The molecular weight excluding hydrogens is 377 g/mol. The van der Waals surface area contributed by atoms with Crippen LogP contribution in [0.25, 0.3) is 22.4 Å². The number of benzene rings is 2. The van der Waals surface area contributed by atoms with Gasteiger partial charge >= 0.3 is 0 Å². The molecule has 0 spiro atoms. The number of nitrogens with zero attached hydrogens (tertiary/aromatic N) is 3. The lowest BCUT2D eigenvalue weighted by Crippen LogP contribution is -2.23. The predicted octanol–water partition coefficient (Wildman–Crippen LogP) is 3.68. The molecule has 5 nitrogen and oxygen atoms in total. The van der Waals surface area contributed by atoms with Gasteiger partial charge in [-0.2, -0.15) is 9.50 Å². The first-order valence-corrected chi connectivity index (χ1v) is 9.86. The summed E-state index contributed by atoms with van der Waals surface area (Å²) in [5.41, 5.74) is 1.28. The van der Waals surface area contributed by atoms with Crippen LogP contribution in [0.5, 0.6) is 5.75 Å². The smallest absolute Gasteiger partial charge is 0.291 e. The number of aromatic nitrogens is 3. The van der Waals surface area contributed by atoms with E-state index in [-0.39, 0.29) is 11.4 Å². The van der Waals surface area contributed by atoms with Gasteiger partial charge in [-0.1, -0.05) is 42.9 Å². The number of halogens is 1. The van der Waals surface area contributed by atoms with Crippen LogP contribution in [0.2, 0.25) is 0 Å². The highest BCUT2D eigenvalue weighted by Crippen LogP contribution is 2.20. The molecule has 2 aromatic heterocycles. The highest BCUT2D eigenvalue weighted by atomic mass is 32.1. The van der Waals surface area contributed by atoms with Gasteiger partial charge in [0.2, 0.25) is 4.96 Å². The summed E-state index contributed by atoms with van der Waals surface area (Å²) in [7, 11) is 0. The summed E-state index contributed by atoms with van der Waals surface area (Å²) in [4.78, 5) is 17.7. The van der Waals surface area contributed by atoms with Crippen LogP contribution in [0.4, 0.5) is 4.39 Å². The van der Waals surface area contributed by atoms with Gasteiger partial charge in [0.1, 0.15) is 11.6 Å². The molecule has 28 heavy (non-hydrogen) atoms. The van der Waals surface area contributed by atoms with Gasteiger partial charge in [0, 0.05) is 11.1 Å². The molecular formula is C21H18FN3O2S. The SMILES string of the molecule is CCCCOc1ccccc1C=c1sc2nc(-c3ccc(F)cc3)nn2c1=O. The Kier molecular flexibility index (Phi) is 5.16. The molecule has 0 N–H and O–H groups in total. The Morgan fingerprint density at radius 2 is 1.96 bits per heavy atom. The second-order valence-electron chi connectivity index (χ2n) is 6.29. The molecule has 4 rings (SSSR count).